The molecule has 52 heavy (non-hydrogen) atoms. The highest BCUT2D eigenvalue weighted by atomic mass is 15.3. The number of aromatic nitrogens is 6. The van der Waals surface area contributed by atoms with Crippen LogP contribution in [0.15, 0.2) is 182 Å². The molecule has 6 heteroatoms. The summed E-state index contributed by atoms with van der Waals surface area (Å²) in [6.45, 7) is 0. The van der Waals surface area contributed by atoms with Gasteiger partial charge >= 0.3 is 0 Å². The van der Waals surface area contributed by atoms with Crippen LogP contribution in [0.25, 0.3) is 89.4 Å². The first-order chi connectivity index (χ1) is 25.8. The van der Waals surface area contributed by atoms with E-state index in [0.29, 0.717) is 17.5 Å². The molecule has 0 bridgehead atoms. The zero-order chi connectivity index (χ0) is 34.4. The number of hydrogen-bond donors (Lipinski definition) is 0. The smallest absolute Gasteiger partial charge is 0.164 e. The van der Waals surface area contributed by atoms with E-state index >= 15 is 0 Å². The number of benzene rings is 7. The Balaban J connectivity index is 1.11. The monoisotopic (exact) mass is 666 g/mol. The van der Waals surface area contributed by atoms with Gasteiger partial charge in [-0.1, -0.05) is 127 Å². The fourth-order valence-electron chi connectivity index (χ4n) is 7.21. The van der Waals surface area contributed by atoms with Crippen LogP contribution in [-0.4, -0.2) is 29.3 Å². The minimum atomic E-state index is 0.632. The van der Waals surface area contributed by atoms with Gasteiger partial charge in [-0.05, 0) is 59.7 Å². The Hall–Kier alpha value is -7.18. The molecule has 0 aliphatic carbocycles. The van der Waals surface area contributed by atoms with E-state index in [-0.39, 0.29) is 0 Å². The number of fused-ring (bicyclic) bond motifs is 5. The van der Waals surface area contributed by atoms with E-state index in [1.165, 1.54) is 10.8 Å². The van der Waals surface area contributed by atoms with Crippen molar-refractivity contribution >= 4 is 32.7 Å². The Morgan fingerprint density at radius 2 is 0.923 bits per heavy atom. The number of para-hydroxylation sites is 2. The van der Waals surface area contributed by atoms with Gasteiger partial charge in [-0.3, -0.25) is 0 Å². The molecule has 0 aliphatic heterocycles. The van der Waals surface area contributed by atoms with E-state index in [2.05, 4.69) is 118 Å². The topological polar surface area (TPSA) is 61.4 Å². The maximum absolute atomic E-state index is 4.98. The van der Waals surface area contributed by atoms with Crippen LogP contribution in [0.5, 0.6) is 0 Å². The molecule has 0 unspecified atom stereocenters. The van der Waals surface area contributed by atoms with Gasteiger partial charge in [-0.15, -0.1) is 0 Å². The second-order valence-electron chi connectivity index (χ2n) is 12.8. The molecular formula is C46H30N6. The summed E-state index contributed by atoms with van der Waals surface area (Å²) < 4.78 is 4.42. The Kier molecular flexibility index (Phi) is 7.03. The zero-order valence-electron chi connectivity index (χ0n) is 28.0. The maximum Gasteiger partial charge on any atom is 0.164 e. The molecule has 244 valence electrons. The lowest BCUT2D eigenvalue weighted by Gasteiger charge is -2.12. The van der Waals surface area contributed by atoms with Gasteiger partial charge in [0.15, 0.2) is 17.5 Å². The molecule has 10 rings (SSSR count). The minimum Gasteiger partial charge on any atom is -0.309 e. The number of nitrogens with zero attached hydrogens (tertiary/aromatic N) is 6. The third kappa shape index (κ3) is 5.05. The molecule has 0 saturated heterocycles. The second kappa shape index (κ2) is 12.3. The van der Waals surface area contributed by atoms with E-state index in [1.807, 2.05) is 72.9 Å². The summed E-state index contributed by atoms with van der Waals surface area (Å²) in [5, 5.41) is 8.30. The third-order valence-corrected chi connectivity index (χ3v) is 9.63. The predicted molar refractivity (Wildman–Crippen MR) is 211 cm³/mol. The normalized spacial score (nSPS) is 11.5. The fraction of sp³-hybridized carbons (Fsp3) is 0. The molecule has 7 aromatic carbocycles. The van der Waals surface area contributed by atoms with Crippen LogP contribution in [0.4, 0.5) is 0 Å². The second-order valence-corrected chi connectivity index (χ2v) is 12.8. The van der Waals surface area contributed by atoms with Crippen LogP contribution in [-0.2, 0) is 0 Å². The van der Waals surface area contributed by atoms with Crippen molar-refractivity contribution in [1.29, 1.82) is 0 Å². The molecule has 3 heterocycles. The largest absolute Gasteiger partial charge is 0.309 e. The van der Waals surface area contributed by atoms with E-state index in [0.717, 1.165) is 61.1 Å². The Morgan fingerprint density at radius 3 is 1.63 bits per heavy atom. The van der Waals surface area contributed by atoms with Crippen LogP contribution in [0.1, 0.15) is 0 Å². The van der Waals surface area contributed by atoms with Crippen LogP contribution in [0.3, 0.4) is 0 Å². The van der Waals surface area contributed by atoms with Crippen LogP contribution in [0, 0.1) is 0 Å². The molecule has 0 spiro atoms. The average Bonchev–Trinajstić information content (AvgIpc) is 3.81. The van der Waals surface area contributed by atoms with Gasteiger partial charge in [0.25, 0.3) is 0 Å². The lowest BCUT2D eigenvalue weighted by atomic mass is 10.0. The molecule has 0 radical (unpaired) electrons. The molecule has 0 aliphatic rings. The summed E-state index contributed by atoms with van der Waals surface area (Å²) in [5.41, 5.74) is 10.5. The van der Waals surface area contributed by atoms with Crippen molar-refractivity contribution in [2.45, 2.75) is 0 Å². The summed E-state index contributed by atoms with van der Waals surface area (Å²) in [6.07, 6.45) is 1.96. The van der Waals surface area contributed by atoms with E-state index < -0.39 is 0 Å². The highest BCUT2D eigenvalue weighted by Gasteiger charge is 2.19. The maximum atomic E-state index is 4.98. The molecule has 6 nitrogen and oxygen atoms in total. The molecular weight excluding hydrogens is 637 g/mol. The molecule has 0 fully saturated rings. The lowest BCUT2D eigenvalue weighted by Crippen LogP contribution is -2.00. The van der Waals surface area contributed by atoms with Crippen molar-refractivity contribution in [2.24, 2.45) is 0 Å². The van der Waals surface area contributed by atoms with Crippen molar-refractivity contribution < 1.29 is 0 Å². The van der Waals surface area contributed by atoms with Gasteiger partial charge in [0.05, 0.1) is 28.4 Å². The lowest BCUT2D eigenvalue weighted by molar-refractivity contribution is 0.913. The Bertz CT molecular complexity index is 2830. The van der Waals surface area contributed by atoms with Crippen LogP contribution >= 0.6 is 0 Å². The average molecular weight is 667 g/mol. The SMILES string of the molecule is c1ccc(-c2nc(-c3ccccc3)nc(-c3cccc(-c4cccc(-n5c6ccccc6c6c7c(ccc65)cnn7-c5ccccc5)c4)c3)n2)cc1. The number of hydrogen-bond acceptors (Lipinski definition) is 4. The summed E-state index contributed by atoms with van der Waals surface area (Å²) in [7, 11) is 0. The van der Waals surface area contributed by atoms with E-state index in [4.69, 9.17) is 20.1 Å². The highest BCUT2D eigenvalue weighted by molar-refractivity contribution is 6.20. The summed E-state index contributed by atoms with van der Waals surface area (Å²) >= 11 is 0. The van der Waals surface area contributed by atoms with Crippen LogP contribution < -0.4 is 0 Å². The number of rotatable bonds is 6. The predicted octanol–water partition coefficient (Wildman–Crippen LogP) is 11.0. The van der Waals surface area contributed by atoms with E-state index in [9.17, 15) is 0 Å². The van der Waals surface area contributed by atoms with Crippen molar-refractivity contribution in [3.63, 3.8) is 0 Å². The summed E-state index contributed by atoms with van der Waals surface area (Å²) in [5.74, 6) is 1.92. The van der Waals surface area contributed by atoms with Crippen molar-refractivity contribution in [3.05, 3.63) is 182 Å². The van der Waals surface area contributed by atoms with Gasteiger partial charge in [-0.2, -0.15) is 5.10 Å². The highest BCUT2D eigenvalue weighted by Crippen LogP contribution is 2.38. The molecule has 0 saturated carbocycles. The van der Waals surface area contributed by atoms with Crippen molar-refractivity contribution in [3.8, 4) is 56.7 Å². The quantitative estimate of drug-likeness (QED) is 0.177. The first-order valence-electron chi connectivity index (χ1n) is 17.3. The minimum absolute atomic E-state index is 0.632. The summed E-state index contributed by atoms with van der Waals surface area (Å²) in [4.78, 5) is 14.8. The van der Waals surface area contributed by atoms with Gasteiger partial charge < -0.3 is 4.57 Å². The molecule has 10 aromatic rings. The Labute approximate surface area is 300 Å². The molecule has 0 N–H and O–H groups in total. The van der Waals surface area contributed by atoms with Crippen LogP contribution in [0.2, 0.25) is 0 Å². The first kappa shape index (κ1) is 29.7. The van der Waals surface area contributed by atoms with Gasteiger partial charge in [0.2, 0.25) is 0 Å². The summed E-state index contributed by atoms with van der Waals surface area (Å²) in [6, 6.07) is 60.7. The molecule has 0 atom stereocenters. The standard InChI is InChI=1S/C46H30N6/c1-4-14-31(15-5-1)44-48-45(32-16-6-2-7-17-32)50-46(49-44)35-20-12-18-33(28-35)34-19-13-23-38(29-34)51-40-25-11-10-24-39(40)42-41(51)27-26-36-30-47-52(43(36)42)37-21-8-3-9-22-37/h1-30H. The van der Waals surface area contributed by atoms with Gasteiger partial charge in [0.1, 0.15) is 0 Å². The van der Waals surface area contributed by atoms with Gasteiger partial charge in [0, 0.05) is 38.5 Å². The Morgan fingerprint density at radius 1 is 0.385 bits per heavy atom. The van der Waals surface area contributed by atoms with E-state index in [1.54, 1.807) is 0 Å². The molecule has 0 amide bonds. The zero-order valence-corrected chi connectivity index (χ0v) is 28.0. The van der Waals surface area contributed by atoms with Crippen molar-refractivity contribution in [2.75, 3.05) is 0 Å². The van der Waals surface area contributed by atoms with Crippen molar-refractivity contribution in [1.82, 2.24) is 29.3 Å². The third-order valence-electron chi connectivity index (χ3n) is 9.63. The van der Waals surface area contributed by atoms with Gasteiger partial charge in [-0.25, -0.2) is 19.6 Å². The first-order valence-corrected chi connectivity index (χ1v) is 17.3. The molecule has 3 aromatic heterocycles. The fourth-order valence-corrected chi connectivity index (χ4v) is 7.21.